The SMILES string of the molecule is CCC1(CC)CCN(Cc2cc(F)c(O)c(F)c2)CC1. The molecule has 1 heterocycles. The van der Waals surface area contributed by atoms with E-state index >= 15 is 0 Å². The van der Waals surface area contributed by atoms with Crippen LogP contribution in [0, 0.1) is 17.0 Å². The molecule has 0 unspecified atom stereocenters. The summed E-state index contributed by atoms with van der Waals surface area (Å²) in [4.78, 5) is 2.23. The van der Waals surface area contributed by atoms with Crippen molar-refractivity contribution in [3.8, 4) is 5.75 Å². The van der Waals surface area contributed by atoms with Crippen LogP contribution in [0.25, 0.3) is 0 Å². The van der Waals surface area contributed by atoms with Gasteiger partial charge in [-0.1, -0.05) is 26.7 Å². The summed E-state index contributed by atoms with van der Waals surface area (Å²) >= 11 is 0. The van der Waals surface area contributed by atoms with Gasteiger partial charge in [0.1, 0.15) is 0 Å². The molecule has 4 heteroatoms. The van der Waals surface area contributed by atoms with Gasteiger partial charge in [-0.3, -0.25) is 4.90 Å². The highest BCUT2D eigenvalue weighted by molar-refractivity contribution is 5.30. The zero-order valence-corrected chi connectivity index (χ0v) is 12.3. The lowest BCUT2D eigenvalue weighted by molar-refractivity contribution is 0.0907. The van der Waals surface area contributed by atoms with E-state index in [4.69, 9.17) is 5.11 Å². The molecule has 0 aliphatic carbocycles. The predicted octanol–water partition coefficient (Wildman–Crippen LogP) is 4.07. The Bertz CT molecular complexity index is 439. The third-order valence-electron chi connectivity index (χ3n) is 4.90. The number of likely N-dealkylation sites (tertiary alicyclic amines) is 1. The first kappa shape index (κ1) is 15.2. The van der Waals surface area contributed by atoms with Crippen LogP contribution in [0.4, 0.5) is 8.78 Å². The largest absolute Gasteiger partial charge is 0.503 e. The van der Waals surface area contributed by atoms with Crippen LogP contribution >= 0.6 is 0 Å². The Labute approximate surface area is 119 Å². The molecule has 0 spiro atoms. The van der Waals surface area contributed by atoms with Gasteiger partial charge in [0.05, 0.1) is 0 Å². The zero-order chi connectivity index (χ0) is 14.8. The first-order chi connectivity index (χ1) is 9.49. The lowest BCUT2D eigenvalue weighted by atomic mass is 9.74. The van der Waals surface area contributed by atoms with Crippen LogP contribution in [-0.4, -0.2) is 23.1 Å². The van der Waals surface area contributed by atoms with Gasteiger partial charge in [0, 0.05) is 6.54 Å². The number of phenolic OH excluding ortho intramolecular Hbond substituents is 1. The summed E-state index contributed by atoms with van der Waals surface area (Å²) in [5.74, 6) is -2.65. The van der Waals surface area contributed by atoms with Gasteiger partial charge in [0.25, 0.3) is 0 Å². The Hall–Kier alpha value is -1.16. The molecule has 0 amide bonds. The van der Waals surface area contributed by atoms with Crippen molar-refractivity contribution in [3.05, 3.63) is 29.3 Å². The van der Waals surface area contributed by atoms with Gasteiger partial charge in [0.2, 0.25) is 0 Å². The molecule has 1 aliphatic rings. The molecular weight excluding hydrogens is 260 g/mol. The molecular formula is C16H23F2NO. The molecule has 0 saturated carbocycles. The van der Waals surface area contributed by atoms with Crippen LogP contribution in [-0.2, 0) is 6.54 Å². The Balaban J connectivity index is 1.99. The first-order valence-corrected chi connectivity index (χ1v) is 7.39. The molecule has 0 aromatic heterocycles. The normalized spacial score (nSPS) is 19.2. The minimum absolute atomic E-state index is 0.446. The maximum Gasteiger partial charge on any atom is 0.187 e. The van der Waals surface area contributed by atoms with Crippen molar-refractivity contribution in [2.24, 2.45) is 5.41 Å². The summed E-state index contributed by atoms with van der Waals surface area (Å²) in [5.41, 5.74) is 1.03. The van der Waals surface area contributed by atoms with E-state index in [-0.39, 0.29) is 0 Å². The summed E-state index contributed by atoms with van der Waals surface area (Å²) in [7, 11) is 0. The molecule has 1 fully saturated rings. The summed E-state index contributed by atoms with van der Waals surface area (Å²) in [6.45, 7) is 6.95. The van der Waals surface area contributed by atoms with Crippen LogP contribution in [0.1, 0.15) is 45.1 Å². The number of hydrogen-bond donors (Lipinski definition) is 1. The molecule has 1 saturated heterocycles. The van der Waals surface area contributed by atoms with E-state index in [1.165, 1.54) is 25.0 Å². The Morgan fingerprint density at radius 3 is 2.05 bits per heavy atom. The maximum absolute atomic E-state index is 13.3. The lowest BCUT2D eigenvalue weighted by Crippen LogP contribution is -2.39. The summed E-state index contributed by atoms with van der Waals surface area (Å²) < 4.78 is 26.6. The average Bonchev–Trinajstić information content (AvgIpc) is 2.46. The Morgan fingerprint density at radius 1 is 1.10 bits per heavy atom. The molecule has 1 aromatic rings. The van der Waals surface area contributed by atoms with Crippen LogP contribution in [0.2, 0.25) is 0 Å². The number of nitrogens with zero attached hydrogens (tertiary/aromatic N) is 1. The monoisotopic (exact) mass is 283 g/mol. The van der Waals surface area contributed by atoms with Crippen LogP contribution < -0.4 is 0 Å². The van der Waals surface area contributed by atoms with Gasteiger partial charge in [-0.05, 0) is 49.0 Å². The lowest BCUT2D eigenvalue weighted by Gasteiger charge is -2.41. The van der Waals surface area contributed by atoms with Gasteiger partial charge in [-0.25, -0.2) is 8.78 Å². The van der Waals surface area contributed by atoms with Crippen molar-refractivity contribution >= 4 is 0 Å². The second-order valence-corrected chi connectivity index (χ2v) is 5.89. The predicted molar refractivity (Wildman–Crippen MR) is 75.5 cm³/mol. The van der Waals surface area contributed by atoms with E-state index in [0.717, 1.165) is 25.9 Å². The molecule has 2 nitrogen and oxygen atoms in total. The third-order valence-corrected chi connectivity index (χ3v) is 4.90. The molecule has 1 N–H and O–H groups in total. The van der Waals surface area contributed by atoms with Gasteiger partial charge >= 0.3 is 0 Å². The molecule has 112 valence electrons. The number of hydrogen-bond acceptors (Lipinski definition) is 2. The van der Waals surface area contributed by atoms with Gasteiger partial charge < -0.3 is 5.11 Å². The molecule has 0 radical (unpaired) electrons. The molecule has 20 heavy (non-hydrogen) atoms. The number of aromatic hydroxyl groups is 1. The Kier molecular flexibility index (Phi) is 4.63. The zero-order valence-electron chi connectivity index (χ0n) is 12.3. The molecule has 0 atom stereocenters. The van der Waals surface area contributed by atoms with Crippen molar-refractivity contribution in [1.29, 1.82) is 0 Å². The van der Waals surface area contributed by atoms with Crippen LogP contribution in [0.15, 0.2) is 12.1 Å². The molecule has 1 aliphatic heterocycles. The summed E-state index contributed by atoms with van der Waals surface area (Å²) in [5, 5.41) is 9.11. The van der Waals surface area contributed by atoms with E-state index in [0.29, 0.717) is 17.5 Å². The summed E-state index contributed by atoms with van der Waals surface area (Å²) in [6.07, 6.45) is 4.67. The fraction of sp³-hybridized carbons (Fsp3) is 0.625. The quantitative estimate of drug-likeness (QED) is 0.900. The second kappa shape index (κ2) is 6.08. The van der Waals surface area contributed by atoms with Gasteiger partial charge in [-0.15, -0.1) is 0 Å². The van der Waals surface area contributed by atoms with Crippen molar-refractivity contribution in [1.82, 2.24) is 4.90 Å². The Morgan fingerprint density at radius 2 is 1.60 bits per heavy atom. The average molecular weight is 283 g/mol. The molecule has 2 rings (SSSR count). The number of rotatable bonds is 4. The first-order valence-electron chi connectivity index (χ1n) is 7.39. The number of piperidine rings is 1. The van der Waals surface area contributed by atoms with Gasteiger partial charge in [-0.2, -0.15) is 0 Å². The molecule has 0 bridgehead atoms. The van der Waals surface area contributed by atoms with Crippen LogP contribution in [0.5, 0.6) is 5.75 Å². The topological polar surface area (TPSA) is 23.5 Å². The van der Waals surface area contributed by atoms with Crippen molar-refractivity contribution < 1.29 is 13.9 Å². The van der Waals surface area contributed by atoms with E-state index in [1.54, 1.807) is 0 Å². The highest BCUT2D eigenvalue weighted by Crippen LogP contribution is 2.38. The highest BCUT2D eigenvalue weighted by Gasteiger charge is 2.31. The third kappa shape index (κ3) is 3.11. The van der Waals surface area contributed by atoms with Crippen molar-refractivity contribution in [2.75, 3.05) is 13.1 Å². The van der Waals surface area contributed by atoms with E-state index in [2.05, 4.69) is 18.7 Å². The van der Waals surface area contributed by atoms with Crippen molar-refractivity contribution in [3.63, 3.8) is 0 Å². The number of halogens is 2. The number of phenols is 1. The smallest absolute Gasteiger partial charge is 0.187 e. The van der Waals surface area contributed by atoms with E-state index in [9.17, 15) is 8.78 Å². The minimum Gasteiger partial charge on any atom is -0.503 e. The van der Waals surface area contributed by atoms with E-state index < -0.39 is 17.4 Å². The minimum atomic E-state index is -0.886. The van der Waals surface area contributed by atoms with Crippen molar-refractivity contribution in [2.45, 2.75) is 46.1 Å². The van der Waals surface area contributed by atoms with Gasteiger partial charge in [0.15, 0.2) is 17.4 Å². The fourth-order valence-corrected chi connectivity index (χ4v) is 3.11. The number of benzene rings is 1. The standard InChI is InChI=1S/C16H23F2NO/c1-3-16(4-2)5-7-19(8-6-16)11-12-9-13(17)15(20)14(18)10-12/h9-10,20H,3-8,11H2,1-2H3. The second-order valence-electron chi connectivity index (χ2n) is 5.89. The summed E-state index contributed by atoms with van der Waals surface area (Å²) in [6, 6.07) is 2.44. The fourth-order valence-electron chi connectivity index (χ4n) is 3.11. The maximum atomic E-state index is 13.3. The molecule has 1 aromatic carbocycles. The van der Waals surface area contributed by atoms with Crippen LogP contribution in [0.3, 0.4) is 0 Å². The van der Waals surface area contributed by atoms with E-state index in [1.807, 2.05) is 0 Å². The highest BCUT2D eigenvalue weighted by atomic mass is 19.1.